The van der Waals surface area contributed by atoms with Crippen LogP contribution in [-0.2, 0) is 43.2 Å². The third kappa shape index (κ3) is 11.8. The Morgan fingerprint density at radius 2 is 1.63 bits per heavy atom. The molecule has 1 aromatic heterocycles. The van der Waals surface area contributed by atoms with Gasteiger partial charge in [-0.1, -0.05) is 32.9 Å². The maximum absolute atomic E-state index is 14.5. The lowest BCUT2D eigenvalue weighted by Crippen LogP contribution is -2.70. The Balaban J connectivity index is 1.83. The van der Waals surface area contributed by atoms with E-state index in [1.165, 1.54) is 34.9 Å². The van der Waals surface area contributed by atoms with Crippen LogP contribution in [0, 0.1) is 31.6 Å². The smallest absolute Gasteiger partial charge is 0.311 e. The molecule has 20 heteroatoms. The first-order valence-electron chi connectivity index (χ1n) is 23.3. The van der Waals surface area contributed by atoms with Crippen LogP contribution in [0.1, 0.15) is 120 Å². The molecule has 0 aromatic carbocycles. The lowest BCUT2D eigenvalue weighted by molar-refractivity contribution is -0.336. The van der Waals surface area contributed by atoms with E-state index < -0.39 is 118 Å². The number of cyclic esters (lactones) is 1. The highest BCUT2D eigenvalue weighted by Gasteiger charge is 2.58. The molecule has 0 aliphatic carbocycles. The number of methoxy groups -OCH3 is 1. The fourth-order valence-electron chi connectivity index (χ4n) is 10.2. The summed E-state index contributed by atoms with van der Waals surface area (Å²) in [5.74, 6) is -3.07. The second kappa shape index (κ2) is 21.8. The Hall–Kier alpha value is -1.89. The summed E-state index contributed by atoms with van der Waals surface area (Å²) in [4.78, 5) is 14.4. The van der Waals surface area contributed by atoms with Crippen LogP contribution in [0.3, 0.4) is 0 Å². The van der Waals surface area contributed by atoms with Crippen LogP contribution in [0.2, 0.25) is 0 Å². The van der Waals surface area contributed by atoms with Gasteiger partial charge in [-0.05, 0) is 107 Å². The lowest BCUT2D eigenvalue weighted by atomic mass is 9.75. The van der Waals surface area contributed by atoms with Crippen molar-refractivity contribution in [3.63, 3.8) is 0 Å². The average Bonchev–Trinajstić information content (AvgIpc) is 3.58. The van der Waals surface area contributed by atoms with Gasteiger partial charge in [0.15, 0.2) is 18.3 Å². The van der Waals surface area contributed by atoms with E-state index in [0.29, 0.717) is 6.54 Å². The fourth-order valence-corrected chi connectivity index (χ4v) is 11.9. The van der Waals surface area contributed by atoms with Crippen molar-refractivity contribution in [2.75, 3.05) is 33.8 Å². The number of nitrogens with zero attached hydrogens (tertiary/aromatic N) is 2. The summed E-state index contributed by atoms with van der Waals surface area (Å²) in [6, 6.07) is -1.73. The maximum Gasteiger partial charge on any atom is 0.311 e. The molecule has 1 aromatic rings. The number of aliphatic hydroxyl groups excluding tert-OH is 2. The van der Waals surface area contributed by atoms with Gasteiger partial charge in [0.2, 0.25) is 10.0 Å². The highest BCUT2D eigenvalue weighted by Crippen LogP contribution is 2.43. The maximum atomic E-state index is 14.5. The van der Waals surface area contributed by atoms with Crippen LogP contribution in [0.4, 0.5) is 0 Å². The molecule has 4 heterocycles. The first-order valence-corrected chi connectivity index (χ1v) is 24.7. The molecule has 378 valence electrons. The van der Waals surface area contributed by atoms with Gasteiger partial charge >= 0.3 is 5.97 Å². The van der Waals surface area contributed by atoms with E-state index >= 15 is 0 Å². The number of aliphatic hydroxyl groups is 5. The van der Waals surface area contributed by atoms with Crippen LogP contribution >= 0.6 is 0 Å². The third-order valence-electron chi connectivity index (χ3n) is 14.4. The molecule has 0 amide bonds. The molecule has 18 atom stereocenters. The summed E-state index contributed by atoms with van der Waals surface area (Å²) in [5.41, 5.74) is -6.19. The van der Waals surface area contributed by atoms with E-state index in [2.05, 4.69) is 15.8 Å². The van der Waals surface area contributed by atoms with Gasteiger partial charge in [-0.15, -0.1) is 0 Å². The molecule has 0 unspecified atom stereocenters. The molecule has 65 heavy (non-hydrogen) atoms. The highest BCUT2D eigenvalue weighted by molar-refractivity contribution is 7.89. The predicted octanol–water partition coefficient (Wildman–Crippen LogP) is 2.29. The van der Waals surface area contributed by atoms with Gasteiger partial charge in [0.1, 0.15) is 45.7 Å². The van der Waals surface area contributed by atoms with E-state index in [9.17, 15) is 38.7 Å². The zero-order valence-corrected chi connectivity index (χ0v) is 42.2. The van der Waals surface area contributed by atoms with Crippen molar-refractivity contribution in [1.29, 1.82) is 0 Å². The summed E-state index contributed by atoms with van der Waals surface area (Å²) in [6.07, 6.45) is -9.46. The summed E-state index contributed by atoms with van der Waals surface area (Å²) in [6.45, 7) is 23.0. The number of hydrogen-bond acceptors (Lipinski definition) is 18. The number of rotatable bonds is 13. The van der Waals surface area contributed by atoms with Crippen LogP contribution in [0.15, 0.2) is 9.42 Å². The molecule has 0 bridgehead atoms. The molecular weight excluding hydrogens is 869 g/mol. The zero-order chi connectivity index (χ0) is 49.2. The van der Waals surface area contributed by atoms with E-state index in [1.54, 1.807) is 55.4 Å². The molecule has 0 spiro atoms. The first kappa shape index (κ1) is 55.7. The van der Waals surface area contributed by atoms with Gasteiger partial charge in [0.25, 0.3) is 0 Å². The number of likely N-dealkylation sites (N-methyl/N-ethyl adjacent to an activating group) is 1. The first-order chi connectivity index (χ1) is 30.0. The Labute approximate surface area is 386 Å². The summed E-state index contributed by atoms with van der Waals surface area (Å²) in [5, 5.41) is 70.5. The molecule has 3 aliphatic rings. The molecule has 3 aliphatic heterocycles. The van der Waals surface area contributed by atoms with Crippen molar-refractivity contribution in [3.8, 4) is 0 Å². The van der Waals surface area contributed by atoms with Crippen molar-refractivity contribution in [2.24, 2.45) is 17.8 Å². The van der Waals surface area contributed by atoms with Crippen LogP contribution in [-0.4, -0.2) is 173 Å². The quantitative estimate of drug-likeness (QED) is 0.111. The predicted molar refractivity (Wildman–Crippen MR) is 239 cm³/mol. The molecule has 3 saturated heterocycles. The molecule has 0 radical (unpaired) electrons. The lowest BCUT2D eigenvalue weighted by Gasteiger charge is -2.53. The number of sulfonamides is 1. The van der Waals surface area contributed by atoms with Crippen LogP contribution in [0.25, 0.3) is 0 Å². The molecule has 0 saturated carbocycles. The number of carbonyl (C=O) groups is 1. The Morgan fingerprint density at radius 1 is 0.985 bits per heavy atom. The van der Waals surface area contributed by atoms with E-state index in [4.69, 9.17) is 32.9 Å². The normalized spacial score (nSPS) is 43.2. The third-order valence-corrected chi connectivity index (χ3v) is 16.6. The Morgan fingerprint density at radius 3 is 2.20 bits per heavy atom. The summed E-state index contributed by atoms with van der Waals surface area (Å²) < 4.78 is 72.7. The van der Waals surface area contributed by atoms with Crippen molar-refractivity contribution < 1.29 is 71.7 Å². The minimum atomic E-state index is -4.24. The average molecular weight is 951 g/mol. The van der Waals surface area contributed by atoms with E-state index in [-0.39, 0.29) is 61.0 Å². The SMILES string of the molecule is CCCNC[C@]1(O)[C@H](C)O[C@@H](O[C@H]2[C@H](C)[C@@H](O[C@@H]3O[C@H](C)C[C@H](N(C)S(=O)(=O)c4c(C)noc4C)[C@H]3O)[C@](C)(O)C[C@@H](C)CN[C@H](C)[C@@H](O)[C@](C)(O)[C@@H](CC)OC(=O)[C@@H]2C)C[C@@]1(C)OC. The minimum Gasteiger partial charge on any atom is -0.459 e. The number of ether oxygens (including phenoxy) is 6. The Kier molecular flexibility index (Phi) is 18.7. The van der Waals surface area contributed by atoms with Gasteiger partial charge in [0.05, 0.1) is 42.0 Å². The molecule has 19 nitrogen and oxygen atoms in total. The van der Waals surface area contributed by atoms with Crippen LogP contribution < -0.4 is 10.6 Å². The monoisotopic (exact) mass is 951 g/mol. The Bertz CT molecular complexity index is 1800. The fraction of sp³-hybridized carbons (Fsp3) is 0.911. The standard InChI is InChI=1S/C45H82N4O15S/c1-16-18-46-23-45(55)31(10)60-34(21-43(45,12)58-15)62-36-26(5)39(63-41-35(50)32(19-25(4)59-41)49(14)65(56,57)37-28(7)48-64-30(37)9)42(11,53)20-24(3)22-47-29(8)38(51)44(13,54)33(17-2)61-40(52)27(36)6/h24-27,29,31-36,38-39,41,46-47,50-51,53-55H,16-23H2,1-15H3/t24-,25-,26+,27-,29-,31+,32+,33-,34+,35-,36+,38-,39-,41+,42-,43-,44-,45+/m1/s1. The van der Waals surface area contributed by atoms with E-state index in [0.717, 1.165) is 10.7 Å². The van der Waals surface area contributed by atoms with Crippen LogP contribution in [0.5, 0.6) is 0 Å². The minimum absolute atomic E-state index is 0.0136. The number of esters is 1. The molecular formula is C45H82N4O15S. The number of aromatic nitrogens is 1. The molecule has 4 rings (SSSR count). The second-order valence-electron chi connectivity index (χ2n) is 19.9. The highest BCUT2D eigenvalue weighted by atomic mass is 32.2. The van der Waals surface area contributed by atoms with Gasteiger partial charge < -0.3 is 69.1 Å². The summed E-state index contributed by atoms with van der Waals surface area (Å²) in [7, 11) is -1.39. The van der Waals surface area contributed by atoms with Crippen molar-refractivity contribution >= 4 is 16.0 Å². The van der Waals surface area contributed by atoms with Crippen molar-refractivity contribution in [3.05, 3.63) is 11.5 Å². The van der Waals surface area contributed by atoms with Crippen molar-refractivity contribution in [2.45, 2.75) is 217 Å². The van der Waals surface area contributed by atoms with Gasteiger partial charge in [-0.3, -0.25) is 4.79 Å². The number of nitrogens with one attached hydrogen (secondary N) is 2. The molecule has 7 N–H and O–H groups in total. The number of carbonyl (C=O) groups excluding carboxylic acids is 1. The van der Waals surface area contributed by atoms with Gasteiger partial charge in [-0.2, -0.15) is 4.31 Å². The van der Waals surface area contributed by atoms with Crippen molar-refractivity contribution in [1.82, 2.24) is 20.1 Å². The number of aryl methyl sites for hydroxylation is 2. The summed E-state index contributed by atoms with van der Waals surface area (Å²) >= 11 is 0. The van der Waals surface area contributed by atoms with Gasteiger partial charge in [-0.25, -0.2) is 8.42 Å². The number of hydrogen-bond donors (Lipinski definition) is 7. The van der Waals surface area contributed by atoms with E-state index in [1.807, 2.05) is 13.8 Å². The van der Waals surface area contributed by atoms with Gasteiger partial charge in [0, 0.05) is 39.1 Å². The molecule has 3 fully saturated rings. The largest absolute Gasteiger partial charge is 0.459 e. The topological polar surface area (TPSA) is 261 Å². The zero-order valence-electron chi connectivity index (χ0n) is 41.4. The second-order valence-corrected chi connectivity index (χ2v) is 21.8.